The zero-order valence-electron chi connectivity index (χ0n) is 18.6. The topological polar surface area (TPSA) is 84.5 Å². The Balaban J connectivity index is 1.57. The predicted molar refractivity (Wildman–Crippen MR) is 122 cm³/mol. The van der Waals surface area contributed by atoms with Gasteiger partial charge in [-0.15, -0.1) is 5.10 Å². The van der Waals surface area contributed by atoms with E-state index in [1.54, 1.807) is 12.4 Å². The molecule has 1 fully saturated rings. The minimum Gasteiger partial charge on any atom is -0.353 e. The van der Waals surface area contributed by atoms with E-state index in [0.29, 0.717) is 34.9 Å². The van der Waals surface area contributed by atoms with E-state index in [1.807, 2.05) is 24.3 Å². The predicted octanol–water partition coefficient (Wildman–Crippen LogP) is 3.14. The summed E-state index contributed by atoms with van der Waals surface area (Å²) in [6.45, 7) is 10.3. The average molecular weight is 423 g/mol. The summed E-state index contributed by atoms with van der Waals surface area (Å²) in [6.07, 6.45) is 4.40. The molecule has 0 aliphatic carbocycles. The smallest absolute Gasteiger partial charge is 0.350 e. The third-order valence-electron chi connectivity index (χ3n) is 5.78. The van der Waals surface area contributed by atoms with Gasteiger partial charge in [-0.3, -0.25) is 4.79 Å². The molecule has 4 rings (SSSR count). The first kappa shape index (κ1) is 21.1. The van der Waals surface area contributed by atoms with Crippen LogP contribution in [0.3, 0.4) is 0 Å². The van der Waals surface area contributed by atoms with Crippen LogP contribution in [0.5, 0.6) is 0 Å². The molecule has 3 aromatic rings. The SMILES string of the molecule is CC(C)c1cccc(NC(=O)Cn2nc3c(N4C[C@@H](C)C[C@H](C)C4)nccn3c2=O)c1. The molecular formula is C23H30N6O2. The molecule has 0 unspecified atom stereocenters. The minimum absolute atomic E-state index is 0.154. The van der Waals surface area contributed by atoms with Crippen molar-refractivity contribution in [2.45, 2.75) is 46.6 Å². The number of piperidine rings is 1. The lowest BCUT2D eigenvalue weighted by molar-refractivity contribution is -0.117. The van der Waals surface area contributed by atoms with Crippen molar-refractivity contribution in [3.63, 3.8) is 0 Å². The Morgan fingerprint density at radius 2 is 1.97 bits per heavy atom. The highest BCUT2D eigenvalue weighted by molar-refractivity contribution is 5.90. The van der Waals surface area contributed by atoms with Gasteiger partial charge in [-0.05, 0) is 41.9 Å². The van der Waals surface area contributed by atoms with E-state index >= 15 is 0 Å². The zero-order valence-corrected chi connectivity index (χ0v) is 18.6. The maximum absolute atomic E-state index is 12.9. The van der Waals surface area contributed by atoms with Crippen LogP contribution >= 0.6 is 0 Å². The van der Waals surface area contributed by atoms with Gasteiger partial charge in [-0.1, -0.05) is 39.8 Å². The summed E-state index contributed by atoms with van der Waals surface area (Å²) < 4.78 is 2.68. The monoisotopic (exact) mass is 422 g/mol. The fraction of sp³-hybridized carbons (Fsp3) is 0.478. The number of aromatic nitrogens is 4. The van der Waals surface area contributed by atoms with Crippen LogP contribution in [0.2, 0.25) is 0 Å². The Morgan fingerprint density at radius 1 is 1.23 bits per heavy atom. The molecule has 164 valence electrons. The summed E-state index contributed by atoms with van der Waals surface area (Å²) in [5, 5.41) is 7.34. The van der Waals surface area contributed by atoms with Gasteiger partial charge < -0.3 is 10.2 Å². The summed E-state index contributed by atoms with van der Waals surface area (Å²) in [5.41, 5.74) is 2.00. The number of benzene rings is 1. The van der Waals surface area contributed by atoms with Crippen LogP contribution in [0.4, 0.5) is 11.5 Å². The zero-order chi connectivity index (χ0) is 22.1. The highest BCUT2D eigenvalue weighted by Crippen LogP contribution is 2.26. The van der Waals surface area contributed by atoms with Gasteiger partial charge in [0.15, 0.2) is 5.82 Å². The number of carbonyl (C=O) groups is 1. The maximum Gasteiger partial charge on any atom is 0.350 e. The highest BCUT2D eigenvalue weighted by Gasteiger charge is 2.26. The third-order valence-corrected chi connectivity index (χ3v) is 5.78. The Kier molecular flexibility index (Phi) is 5.80. The van der Waals surface area contributed by atoms with Gasteiger partial charge in [-0.2, -0.15) is 0 Å². The van der Waals surface area contributed by atoms with Gasteiger partial charge in [0.1, 0.15) is 6.54 Å². The van der Waals surface area contributed by atoms with E-state index in [1.165, 1.54) is 15.5 Å². The van der Waals surface area contributed by atoms with Gasteiger partial charge in [0.05, 0.1) is 0 Å². The number of fused-ring (bicyclic) bond motifs is 1. The molecule has 0 bridgehead atoms. The Bertz CT molecular complexity index is 1140. The summed E-state index contributed by atoms with van der Waals surface area (Å²) in [6, 6.07) is 7.75. The second kappa shape index (κ2) is 8.53. The van der Waals surface area contributed by atoms with Crippen LogP contribution in [-0.4, -0.2) is 38.2 Å². The molecule has 0 saturated carbocycles. The molecule has 1 N–H and O–H groups in total. The van der Waals surface area contributed by atoms with Crippen molar-refractivity contribution in [1.29, 1.82) is 0 Å². The first-order valence-corrected chi connectivity index (χ1v) is 10.9. The molecule has 0 radical (unpaired) electrons. The quantitative estimate of drug-likeness (QED) is 0.683. The number of nitrogens with zero attached hydrogens (tertiary/aromatic N) is 5. The number of anilines is 2. The Morgan fingerprint density at radius 3 is 2.68 bits per heavy atom. The van der Waals surface area contributed by atoms with E-state index in [9.17, 15) is 9.59 Å². The maximum atomic E-state index is 12.9. The van der Waals surface area contributed by atoms with Gasteiger partial charge in [-0.25, -0.2) is 18.9 Å². The average Bonchev–Trinajstić information content (AvgIpc) is 3.03. The van der Waals surface area contributed by atoms with Crippen molar-refractivity contribution in [2.75, 3.05) is 23.3 Å². The van der Waals surface area contributed by atoms with Crippen molar-refractivity contribution < 1.29 is 4.79 Å². The summed E-state index contributed by atoms with van der Waals surface area (Å²) in [5.74, 6) is 1.87. The third kappa shape index (κ3) is 4.47. The standard InChI is InChI=1S/C23H30N6O2/c1-15(2)18-6-5-7-19(11-18)25-20(30)14-29-23(31)28-9-8-24-21(22(28)26-29)27-12-16(3)10-17(4)13-27/h5-9,11,15-17H,10,12-14H2,1-4H3,(H,25,30)/t16-,17-/m0/s1. The van der Waals surface area contributed by atoms with Gasteiger partial charge in [0.25, 0.3) is 0 Å². The number of carbonyl (C=O) groups excluding carboxylic acids is 1. The second-order valence-corrected chi connectivity index (χ2v) is 9.06. The van der Waals surface area contributed by atoms with Gasteiger partial charge in [0, 0.05) is 31.2 Å². The summed E-state index contributed by atoms with van der Waals surface area (Å²) >= 11 is 0. The first-order chi connectivity index (χ1) is 14.8. The number of amides is 1. The Labute approximate surface area is 181 Å². The molecule has 1 amide bonds. The Hall–Kier alpha value is -3.16. The lowest BCUT2D eigenvalue weighted by Gasteiger charge is -2.35. The molecule has 1 aliphatic heterocycles. The first-order valence-electron chi connectivity index (χ1n) is 10.9. The molecule has 8 nitrogen and oxygen atoms in total. The van der Waals surface area contributed by atoms with Crippen molar-refractivity contribution in [1.82, 2.24) is 19.2 Å². The van der Waals surface area contributed by atoms with E-state index in [4.69, 9.17) is 0 Å². The van der Waals surface area contributed by atoms with Crippen molar-refractivity contribution in [3.8, 4) is 0 Å². The van der Waals surface area contributed by atoms with Crippen LogP contribution in [0.25, 0.3) is 5.65 Å². The van der Waals surface area contributed by atoms with E-state index < -0.39 is 0 Å². The molecule has 1 saturated heterocycles. The van der Waals surface area contributed by atoms with Gasteiger partial charge >= 0.3 is 5.69 Å². The summed E-state index contributed by atoms with van der Waals surface area (Å²) in [7, 11) is 0. The van der Waals surface area contributed by atoms with Gasteiger partial charge in [0.2, 0.25) is 11.6 Å². The summed E-state index contributed by atoms with van der Waals surface area (Å²) in [4.78, 5) is 32.2. The minimum atomic E-state index is -0.345. The molecular weight excluding hydrogens is 392 g/mol. The van der Waals surface area contributed by atoms with Crippen molar-refractivity contribution >= 4 is 23.1 Å². The molecule has 1 aliphatic rings. The lowest BCUT2D eigenvalue weighted by atomic mass is 9.92. The largest absolute Gasteiger partial charge is 0.353 e. The normalized spacial score (nSPS) is 19.2. The lowest BCUT2D eigenvalue weighted by Crippen LogP contribution is -2.39. The van der Waals surface area contributed by atoms with E-state index in [0.717, 1.165) is 18.7 Å². The second-order valence-electron chi connectivity index (χ2n) is 9.06. The molecule has 3 heterocycles. The highest BCUT2D eigenvalue weighted by atomic mass is 16.2. The van der Waals surface area contributed by atoms with Crippen molar-refractivity contribution in [2.24, 2.45) is 11.8 Å². The number of nitrogens with one attached hydrogen (secondary N) is 1. The molecule has 2 atom stereocenters. The van der Waals surface area contributed by atoms with Crippen LogP contribution in [0.15, 0.2) is 41.5 Å². The van der Waals surface area contributed by atoms with E-state index in [-0.39, 0.29) is 18.1 Å². The van der Waals surface area contributed by atoms with Crippen LogP contribution < -0.4 is 15.9 Å². The molecule has 0 spiro atoms. The van der Waals surface area contributed by atoms with E-state index in [2.05, 4.69) is 48.0 Å². The fourth-order valence-corrected chi connectivity index (χ4v) is 4.41. The number of rotatable bonds is 5. The number of hydrogen-bond donors (Lipinski definition) is 1. The molecule has 1 aromatic carbocycles. The fourth-order valence-electron chi connectivity index (χ4n) is 4.41. The molecule has 2 aromatic heterocycles. The number of hydrogen-bond acceptors (Lipinski definition) is 5. The van der Waals surface area contributed by atoms with Crippen molar-refractivity contribution in [3.05, 3.63) is 52.7 Å². The van der Waals surface area contributed by atoms with Crippen LogP contribution in [-0.2, 0) is 11.3 Å². The van der Waals surface area contributed by atoms with Crippen LogP contribution in [0.1, 0.15) is 45.6 Å². The van der Waals surface area contributed by atoms with Crippen LogP contribution in [0, 0.1) is 11.8 Å². The molecule has 31 heavy (non-hydrogen) atoms. The molecule has 8 heteroatoms.